The van der Waals surface area contributed by atoms with E-state index in [0.29, 0.717) is 11.1 Å². The molecule has 0 spiro atoms. The van der Waals surface area contributed by atoms with E-state index in [2.05, 4.69) is 0 Å². The molecular formula is C15H12FNaO4. The fraction of sp³-hybridized carbons (Fsp3) is 0.0667. The van der Waals surface area contributed by atoms with Crippen molar-refractivity contribution in [2.45, 2.75) is 6.92 Å². The number of carboxylic acids is 1. The van der Waals surface area contributed by atoms with Crippen molar-refractivity contribution in [1.29, 1.82) is 0 Å². The van der Waals surface area contributed by atoms with Crippen LogP contribution in [0.5, 0.6) is 5.75 Å². The van der Waals surface area contributed by atoms with Crippen LogP contribution in [0.2, 0.25) is 0 Å². The van der Waals surface area contributed by atoms with Crippen molar-refractivity contribution in [1.82, 2.24) is 0 Å². The van der Waals surface area contributed by atoms with E-state index in [-0.39, 0.29) is 46.7 Å². The van der Waals surface area contributed by atoms with E-state index in [1.54, 1.807) is 18.2 Å². The Bertz CT molecular complexity index is 668. The molecule has 0 amide bonds. The first-order valence-electron chi connectivity index (χ1n) is 5.79. The van der Waals surface area contributed by atoms with Gasteiger partial charge in [-0.3, -0.25) is 4.79 Å². The summed E-state index contributed by atoms with van der Waals surface area (Å²) in [4.78, 5) is 22.1. The number of hydrogen-bond donors (Lipinski definition) is 1. The van der Waals surface area contributed by atoms with E-state index in [0.717, 1.165) is 0 Å². The zero-order chi connectivity index (χ0) is 14.7. The molecule has 4 nitrogen and oxygen atoms in total. The summed E-state index contributed by atoms with van der Waals surface area (Å²) in [7, 11) is 0. The molecule has 0 aliphatic rings. The summed E-state index contributed by atoms with van der Waals surface area (Å²) < 4.78 is 17.7. The van der Waals surface area contributed by atoms with Gasteiger partial charge in [0.1, 0.15) is 17.1 Å². The number of halogens is 1. The second kappa shape index (κ2) is 7.36. The summed E-state index contributed by atoms with van der Waals surface area (Å²) in [5.41, 5.74) is 1.14. The fourth-order valence-electron chi connectivity index (χ4n) is 1.76. The third-order valence-corrected chi connectivity index (χ3v) is 2.64. The van der Waals surface area contributed by atoms with Gasteiger partial charge < -0.3 is 9.84 Å². The Morgan fingerprint density at radius 2 is 1.62 bits per heavy atom. The van der Waals surface area contributed by atoms with Gasteiger partial charge in [0.25, 0.3) is 0 Å². The second-order valence-corrected chi connectivity index (χ2v) is 4.12. The van der Waals surface area contributed by atoms with E-state index >= 15 is 0 Å². The van der Waals surface area contributed by atoms with Gasteiger partial charge in [0.15, 0.2) is 0 Å². The van der Waals surface area contributed by atoms with Crippen LogP contribution in [0.4, 0.5) is 4.39 Å². The molecule has 2 rings (SSSR count). The first-order chi connectivity index (χ1) is 9.47. The Kier molecular flexibility index (Phi) is 6.08. The molecule has 0 bridgehead atoms. The van der Waals surface area contributed by atoms with Crippen LogP contribution in [0.25, 0.3) is 11.1 Å². The maximum atomic E-state index is 12.9. The second-order valence-electron chi connectivity index (χ2n) is 4.12. The number of hydrogen-bond acceptors (Lipinski definition) is 3. The molecule has 0 unspecified atom stereocenters. The summed E-state index contributed by atoms with van der Waals surface area (Å²) in [5, 5.41) is 9.14. The number of carboxylic acid groups (broad SMARTS) is 1. The van der Waals surface area contributed by atoms with Crippen LogP contribution in [-0.4, -0.2) is 46.6 Å². The molecule has 0 aliphatic heterocycles. The van der Waals surface area contributed by atoms with Crippen LogP contribution in [0, 0.1) is 5.82 Å². The maximum absolute atomic E-state index is 12.9. The van der Waals surface area contributed by atoms with Crippen LogP contribution in [0.3, 0.4) is 0 Å². The molecule has 21 heavy (non-hydrogen) atoms. The number of benzene rings is 2. The summed E-state index contributed by atoms with van der Waals surface area (Å²) in [6.45, 7) is 1.19. The van der Waals surface area contributed by atoms with Crippen LogP contribution >= 0.6 is 0 Å². The van der Waals surface area contributed by atoms with Crippen molar-refractivity contribution in [3.05, 3.63) is 53.8 Å². The number of rotatable bonds is 3. The SMILES string of the molecule is CC(=O)Oc1ccc(-c2ccc(F)cc2)cc1C(=O)O.[NaH]. The van der Waals surface area contributed by atoms with Crippen molar-refractivity contribution in [2.75, 3.05) is 0 Å². The van der Waals surface area contributed by atoms with E-state index in [9.17, 15) is 14.0 Å². The van der Waals surface area contributed by atoms with Crippen LogP contribution in [0.1, 0.15) is 17.3 Å². The monoisotopic (exact) mass is 298 g/mol. The molecule has 2 aromatic carbocycles. The van der Waals surface area contributed by atoms with E-state index in [1.165, 1.54) is 31.2 Å². The number of carbonyl (C=O) groups is 2. The Morgan fingerprint density at radius 3 is 2.14 bits per heavy atom. The zero-order valence-electron chi connectivity index (χ0n) is 10.6. The third kappa shape index (κ3) is 4.39. The molecule has 0 aromatic heterocycles. The standard InChI is InChI=1S/C15H11FO4.Na.H/c1-9(17)20-14-7-4-11(8-13(14)15(18)19)10-2-5-12(16)6-3-10;;/h2-8H,1H3,(H,18,19);;. The van der Waals surface area contributed by atoms with Crippen molar-refractivity contribution in [3.8, 4) is 16.9 Å². The van der Waals surface area contributed by atoms with Crippen LogP contribution in [0.15, 0.2) is 42.5 Å². The molecule has 0 heterocycles. The molecule has 0 radical (unpaired) electrons. The van der Waals surface area contributed by atoms with Crippen LogP contribution in [-0.2, 0) is 4.79 Å². The zero-order valence-corrected chi connectivity index (χ0v) is 10.6. The summed E-state index contributed by atoms with van der Waals surface area (Å²) in [6.07, 6.45) is 0. The molecular weight excluding hydrogens is 286 g/mol. The molecule has 0 fully saturated rings. The Hall–Kier alpha value is -1.69. The third-order valence-electron chi connectivity index (χ3n) is 2.64. The molecule has 0 aliphatic carbocycles. The molecule has 6 heteroatoms. The topological polar surface area (TPSA) is 63.6 Å². The first kappa shape index (κ1) is 17.4. The van der Waals surface area contributed by atoms with Gasteiger partial charge in [0.05, 0.1) is 0 Å². The fourth-order valence-corrected chi connectivity index (χ4v) is 1.76. The molecule has 0 saturated heterocycles. The normalized spacial score (nSPS) is 9.62. The van der Waals surface area contributed by atoms with E-state index in [1.807, 2.05) is 0 Å². The van der Waals surface area contributed by atoms with Crippen molar-refractivity contribution >= 4 is 41.5 Å². The Balaban J connectivity index is 0.00000220. The van der Waals surface area contributed by atoms with Crippen molar-refractivity contribution in [3.63, 3.8) is 0 Å². The minimum absolute atomic E-state index is 0. The van der Waals surface area contributed by atoms with Crippen LogP contribution < -0.4 is 4.74 Å². The number of carbonyl (C=O) groups excluding carboxylic acids is 1. The summed E-state index contributed by atoms with van der Waals surface area (Å²) >= 11 is 0. The average molecular weight is 298 g/mol. The average Bonchev–Trinajstić information content (AvgIpc) is 2.39. The van der Waals surface area contributed by atoms with E-state index < -0.39 is 11.9 Å². The molecule has 2 aromatic rings. The Morgan fingerprint density at radius 1 is 1.05 bits per heavy atom. The first-order valence-corrected chi connectivity index (χ1v) is 5.79. The predicted molar refractivity (Wildman–Crippen MR) is 77.3 cm³/mol. The van der Waals surface area contributed by atoms with Gasteiger partial charge in [-0.05, 0) is 35.4 Å². The molecule has 0 saturated carbocycles. The van der Waals surface area contributed by atoms with Gasteiger partial charge in [-0.15, -0.1) is 0 Å². The van der Waals surface area contributed by atoms with Gasteiger partial charge in [-0.1, -0.05) is 18.2 Å². The molecule has 104 valence electrons. The van der Waals surface area contributed by atoms with Gasteiger partial charge in [-0.2, -0.15) is 0 Å². The summed E-state index contributed by atoms with van der Waals surface area (Å²) in [6, 6.07) is 10.1. The Labute approximate surface area is 142 Å². The van der Waals surface area contributed by atoms with Gasteiger partial charge in [0, 0.05) is 6.92 Å². The van der Waals surface area contributed by atoms with Gasteiger partial charge >= 0.3 is 41.5 Å². The quantitative estimate of drug-likeness (QED) is 0.537. The number of aromatic carboxylic acids is 1. The minimum atomic E-state index is -1.20. The van der Waals surface area contributed by atoms with Crippen molar-refractivity contribution < 1.29 is 23.8 Å². The molecule has 0 atom stereocenters. The predicted octanol–water partition coefficient (Wildman–Crippen LogP) is 2.47. The number of esters is 1. The summed E-state index contributed by atoms with van der Waals surface area (Å²) in [5.74, 6) is -2.19. The van der Waals surface area contributed by atoms with Gasteiger partial charge in [-0.25, -0.2) is 9.18 Å². The number of ether oxygens (including phenoxy) is 1. The van der Waals surface area contributed by atoms with Gasteiger partial charge in [0.2, 0.25) is 0 Å². The molecule has 1 N–H and O–H groups in total. The van der Waals surface area contributed by atoms with E-state index in [4.69, 9.17) is 9.84 Å². The van der Waals surface area contributed by atoms with Crippen molar-refractivity contribution in [2.24, 2.45) is 0 Å².